The Morgan fingerprint density at radius 2 is 1.96 bits per heavy atom. The fourth-order valence-electron chi connectivity index (χ4n) is 3.44. The molecule has 1 amide bonds. The summed E-state index contributed by atoms with van der Waals surface area (Å²) in [5.41, 5.74) is 0.707. The van der Waals surface area contributed by atoms with Crippen LogP contribution in [0.25, 0.3) is 11.0 Å². The van der Waals surface area contributed by atoms with Crippen LogP contribution in [0.4, 0.5) is 0 Å². The summed E-state index contributed by atoms with van der Waals surface area (Å²) >= 11 is 1.27. The van der Waals surface area contributed by atoms with E-state index < -0.39 is 10.0 Å². The molecule has 0 aliphatic carbocycles. The van der Waals surface area contributed by atoms with Gasteiger partial charge < -0.3 is 9.32 Å². The van der Waals surface area contributed by atoms with Crippen LogP contribution in [0, 0.1) is 12.8 Å². The summed E-state index contributed by atoms with van der Waals surface area (Å²) in [7, 11) is -3.45. The third-order valence-electron chi connectivity index (χ3n) is 5.08. The summed E-state index contributed by atoms with van der Waals surface area (Å²) in [6.45, 7) is 3.48. The average Bonchev–Trinajstić information content (AvgIpc) is 3.33. The third-order valence-corrected chi connectivity index (χ3v) is 8.00. The first-order chi connectivity index (χ1) is 13.4. The van der Waals surface area contributed by atoms with Crippen LogP contribution in [0.3, 0.4) is 0 Å². The lowest BCUT2D eigenvalue weighted by molar-refractivity contribution is 0.0662. The number of amides is 1. The molecule has 6 nitrogen and oxygen atoms in total. The van der Waals surface area contributed by atoms with Crippen LogP contribution in [0.2, 0.25) is 0 Å². The van der Waals surface area contributed by atoms with Crippen molar-refractivity contribution < 1.29 is 17.6 Å². The molecule has 0 atom stereocenters. The van der Waals surface area contributed by atoms with Crippen molar-refractivity contribution in [2.24, 2.45) is 5.92 Å². The smallest absolute Gasteiger partial charge is 0.289 e. The molecule has 1 aromatic carbocycles. The van der Waals surface area contributed by atoms with Crippen LogP contribution < -0.4 is 4.72 Å². The molecule has 0 radical (unpaired) electrons. The van der Waals surface area contributed by atoms with E-state index in [2.05, 4.69) is 4.72 Å². The molecule has 3 aromatic rings. The second-order valence-electron chi connectivity index (χ2n) is 7.10. The molecule has 0 unspecified atom stereocenters. The van der Waals surface area contributed by atoms with Crippen molar-refractivity contribution in [3.05, 3.63) is 53.1 Å². The lowest BCUT2D eigenvalue weighted by Gasteiger charge is -2.31. The molecular weight excluding hydrogens is 396 g/mol. The number of piperidine rings is 1. The number of sulfonamides is 1. The number of nitrogens with zero attached hydrogens (tertiary/aromatic N) is 1. The van der Waals surface area contributed by atoms with E-state index in [0.29, 0.717) is 35.2 Å². The van der Waals surface area contributed by atoms with E-state index in [1.165, 1.54) is 11.3 Å². The van der Waals surface area contributed by atoms with Gasteiger partial charge in [-0.1, -0.05) is 18.2 Å². The number of nitrogens with one attached hydrogen (secondary N) is 1. The molecular formula is C20H22N2O4S2. The molecule has 1 aliphatic rings. The molecule has 0 saturated carbocycles. The summed E-state index contributed by atoms with van der Waals surface area (Å²) in [4.78, 5) is 15.5. The Morgan fingerprint density at radius 3 is 2.64 bits per heavy atom. The molecule has 8 heteroatoms. The predicted molar refractivity (Wildman–Crippen MR) is 109 cm³/mol. The molecule has 1 fully saturated rings. The van der Waals surface area contributed by atoms with Crippen molar-refractivity contribution in [1.29, 1.82) is 0 Å². The number of thiophene rings is 1. The summed E-state index contributed by atoms with van der Waals surface area (Å²) in [6.07, 6.45) is 1.52. The number of likely N-dealkylation sites (tertiary alicyclic amines) is 1. The van der Waals surface area contributed by atoms with Crippen LogP contribution in [-0.2, 0) is 10.0 Å². The number of carbonyl (C=O) groups is 1. The number of aryl methyl sites for hydroxylation is 1. The van der Waals surface area contributed by atoms with Crippen molar-refractivity contribution >= 4 is 38.2 Å². The molecule has 1 saturated heterocycles. The Hall–Kier alpha value is -2.16. The highest BCUT2D eigenvalue weighted by Gasteiger charge is 2.27. The number of rotatable bonds is 5. The van der Waals surface area contributed by atoms with E-state index >= 15 is 0 Å². The van der Waals surface area contributed by atoms with Crippen LogP contribution >= 0.6 is 11.3 Å². The van der Waals surface area contributed by atoms with Gasteiger partial charge in [0, 0.05) is 29.9 Å². The maximum Gasteiger partial charge on any atom is 0.289 e. The van der Waals surface area contributed by atoms with Gasteiger partial charge in [0.2, 0.25) is 10.0 Å². The molecule has 1 aliphatic heterocycles. The first-order valence-electron chi connectivity index (χ1n) is 9.26. The second kappa shape index (κ2) is 7.69. The first kappa shape index (κ1) is 19.2. The Morgan fingerprint density at radius 1 is 1.21 bits per heavy atom. The van der Waals surface area contributed by atoms with Gasteiger partial charge in [-0.25, -0.2) is 13.1 Å². The highest BCUT2D eigenvalue weighted by molar-refractivity contribution is 7.91. The quantitative estimate of drug-likeness (QED) is 0.686. The number of para-hydroxylation sites is 1. The molecule has 0 spiro atoms. The number of hydrogen-bond acceptors (Lipinski definition) is 5. The predicted octanol–water partition coefficient (Wildman–Crippen LogP) is 3.63. The zero-order valence-electron chi connectivity index (χ0n) is 15.6. The molecule has 1 N–H and O–H groups in total. The van der Waals surface area contributed by atoms with Gasteiger partial charge >= 0.3 is 0 Å². The standard InChI is InChI=1S/C20H22N2O4S2/c1-14-6-7-19(27-14)28(24,25)21-13-15-8-10-22(11-9-15)20(23)18-12-16-4-2-3-5-17(16)26-18/h2-7,12,15,21H,8-11,13H2,1H3. The SMILES string of the molecule is Cc1ccc(S(=O)(=O)NCC2CCN(C(=O)c3cc4ccccc4o3)CC2)s1. The van der Waals surface area contributed by atoms with Gasteiger partial charge in [-0.3, -0.25) is 4.79 Å². The highest BCUT2D eigenvalue weighted by Crippen LogP contribution is 2.24. The first-order valence-corrected chi connectivity index (χ1v) is 11.6. The average molecular weight is 419 g/mol. The Bertz CT molecular complexity index is 1060. The van der Waals surface area contributed by atoms with Gasteiger partial charge in [-0.2, -0.15) is 0 Å². The maximum absolute atomic E-state index is 12.7. The molecule has 4 rings (SSSR count). The van der Waals surface area contributed by atoms with E-state index in [1.807, 2.05) is 31.2 Å². The van der Waals surface area contributed by atoms with Crippen molar-refractivity contribution in [3.8, 4) is 0 Å². The van der Waals surface area contributed by atoms with E-state index in [4.69, 9.17) is 4.42 Å². The minimum absolute atomic E-state index is 0.107. The fourth-order valence-corrected chi connectivity index (χ4v) is 5.88. The summed E-state index contributed by atoms with van der Waals surface area (Å²) in [6, 6.07) is 12.8. The summed E-state index contributed by atoms with van der Waals surface area (Å²) < 4.78 is 33.4. The molecule has 3 heterocycles. The van der Waals surface area contributed by atoms with E-state index in [0.717, 1.165) is 23.1 Å². The lowest BCUT2D eigenvalue weighted by atomic mass is 9.97. The zero-order valence-corrected chi connectivity index (χ0v) is 17.2. The van der Waals surface area contributed by atoms with Crippen LogP contribution in [0.1, 0.15) is 28.3 Å². The third kappa shape index (κ3) is 3.99. The second-order valence-corrected chi connectivity index (χ2v) is 10.4. The maximum atomic E-state index is 12.7. The van der Waals surface area contributed by atoms with Crippen molar-refractivity contribution in [2.45, 2.75) is 24.0 Å². The zero-order chi connectivity index (χ0) is 19.7. The fraction of sp³-hybridized carbons (Fsp3) is 0.350. The van der Waals surface area contributed by atoms with Gasteiger partial charge in [0.15, 0.2) is 5.76 Å². The number of furan rings is 1. The van der Waals surface area contributed by atoms with Crippen molar-refractivity contribution in [1.82, 2.24) is 9.62 Å². The summed E-state index contributed by atoms with van der Waals surface area (Å²) in [5, 5.41) is 0.916. The van der Waals surface area contributed by atoms with Gasteiger partial charge in [0.25, 0.3) is 5.91 Å². The van der Waals surface area contributed by atoms with E-state index in [9.17, 15) is 13.2 Å². The topological polar surface area (TPSA) is 79.6 Å². The van der Waals surface area contributed by atoms with Crippen LogP contribution in [0.15, 0.2) is 51.1 Å². The van der Waals surface area contributed by atoms with Crippen molar-refractivity contribution in [3.63, 3.8) is 0 Å². The number of fused-ring (bicyclic) bond motifs is 1. The molecule has 28 heavy (non-hydrogen) atoms. The van der Waals surface area contributed by atoms with Crippen LogP contribution in [-0.4, -0.2) is 38.9 Å². The summed E-state index contributed by atoms with van der Waals surface area (Å²) in [5.74, 6) is 0.466. The van der Waals surface area contributed by atoms with Gasteiger partial charge in [0.05, 0.1) is 0 Å². The number of benzene rings is 1. The van der Waals surface area contributed by atoms with Gasteiger partial charge in [-0.05, 0) is 49.9 Å². The highest BCUT2D eigenvalue weighted by atomic mass is 32.2. The van der Waals surface area contributed by atoms with Crippen LogP contribution in [0.5, 0.6) is 0 Å². The Labute approximate surface area is 168 Å². The van der Waals surface area contributed by atoms with Gasteiger partial charge in [-0.15, -0.1) is 11.3 Å². The minimum atomic E-state index is -3.45. The van der Waals surface area contributed by atoms with Gasteiger partial charge in [0.1, 0.15) is 9.79 Å². The molecule has 2 aromatic heterocycles. The molecule has 0 bridgehead atoms. The van der Waals surface area contributed by atoms with E-state index in [-0.39, 0.29) is 11.8 Å². The Kier molecular flexibility index (Phi) is 5.27. The number of carbonyl (C=O) groups excluding carboxylic acids is 1. The monoisotopic (exact) mass is 418 g/mol. The normalized spacial score (nSPS) is 16.0. The molecule has 148 valence electrons. The lowest BCUT2D eigenvalue weighted by Crippen LogP contribution is -2.41. The van der Waals surface area contributed by atoms with E-state index in [1.54, 1.807) is 23.1 Å². The Balaban J connectivity index is 1.32. The number of hydrogen-bond donors (Lipinski definition) is 1. The minimum Gasteiger partial charge on any atom is -0.451 e. The largest absolute Gasteiger partial charge is 0.451 e. The van der Waals surface area contributed by atoms with Crippen molar-refractivity contribution in [2.75, 3.05) is 19.6 Å².